The summed E-state index contributed by atoms with van der Waals surface area (Å²) in [4.78, 5) is 24.0. The second kappa shape index (κ2) is 8.89. The van der Waals surface area contributed by atoms with Gasteiger partial charge >= 0.3 is 0 Å². The van der Waals surface area contributed by atoms with E-state index in [1.54, 1.807) is 6.20 Å². The summed E-state index contributed by atoms with van der Waals surface area (Å²) < 4.78 is 6.36. The Bertz CT molecular complexity index is 647. The van der Waals surface area contributed by atoms with Crippen LogP contribution in [0.5, 0.6) is 0 Å². The van der Waals surface area contributed by atoms with Gasteiger partial charge in [-0.15, -0.1) is 0 Å². The van der Waals surface area contributed by atoms with Crippen LogP contribution in [0.1, 0.15) is 31.2 Å². The van der Waals surface area contributed by atoms with Crippen LogP contribution in [0, 0.1) is 5.92 Å². The number of hydrogen-bond donors (Lipinski definition) is 0. The summed E-state index contributed by atoms with van der Waals surface area (Å²) >= 11 is 0. The molecule has 0 saturated carbocycles. The number of ether oxygens (including phenoxy) is 1. The van der Waals surface area contributed by atoms with Crippen LogP contribution < -0.4 is 0 Å². The summed E-state index contributed by atoms with van der Waals surface area (Å²) in [6.07, 6.45) is 8.21. The molecule has 1 aromatic heterocycles. The van der Waals surface area contributed by atoms with E-state index >= 15 is 0 Å². The van der Waals surface area contributed by atoms with E-state index in [2.05, 4.69) is 26.7 Å². The van der Waals surface area contributed by atoms with Gasteiger partial charge in [0.05, 0.1) is 12.2 Å². The number of pyridine rings is 1. The van der Waals surface area contributed by atoms with Crippen molar-refractivity contribution in [1.29, 1.82) is 0 Å². The lowest BCUT2D eigenvalue weighted by Gasteiger charge is -2.40. The molecule has 6 nitrogen and oxygen atoms in total. The number of carbonyl (C=O) groups is 1. The number of nitrogens with zero attached hydrogens (tertiary/aromatic N) is 4. The first-order valence-electron chi connectivity index (χ1n) is 10.8. The third-order valence-corrected chi connectivity index (χ3v) is 6.64. The number of hydrogen-bond acceptors (Lipinski definition) is 5. The lowest BCUT2D eigenvalue weighted by Crippen LogP contribution is -2.50. The molecule has 1 amide bonds. The number of aryl methyl sites for hydroxylation is 1. The maximum Gasteiger partial charge on any atom is 0.223 e. The zero-order valence-corrected chi connectivity index (χ0v) is 17.2. The molecular weight excluding hydrogens is 352 g/mol. The van der Waals surface area contributed by atoms with Crippen LogP contribution >= 0.6 is 0 Å². The van der Waals surface area contributed by atoms with Crippen molar-refractivity contribution in [1.82, 2.24) is 19.7 Å². The summed E-state index contributed by atoms with van der Waals surface area (Å²) in [7, 11) is 2.20. The molecule has 2 unspecified atom stereocenters. The van der Waals surface area contributed by atoms with Gasteiger partial charge in [-0.05, 0) is 50.3 Å². The maximum absolute atomic E-state index is 12.8. The number of piperazine rings is 1. The van der Waals surface area contributed by atoms with Crippen LogP contribution in [-0.4, -0.2) is 90.7 Å². The van der Waals surface area contributed by atoms with Crippen LogP contribution in [0.15, 0.2) is 24.5 Å². The van der Waals surface area contributed by atoms with Crippen molar-refractivity contribution in [3.63, 3.8) is 0 Å². The third-order valence-electron chi connectivity index (χ3n) is 6.64. The van der Waals surface area contributed by atoms with E-state index in [9.17, 15) is 4.79 Å². The van der Waals surface area contributed by atoms with Crippen molar-refractivity contribution in [3.05, 3.63) is 30.1 Å². The first kappa shape index (κ1) is 19.8. The Morgan fingerprint density at radius 3 is 2.93 bits per heavy atom. The fraction of sp³-hybridized carbons (Fsp3) is 0.727. The third kappa shape index (κ3) is 4.91. The minimum Gasteiger partial charge on any atom is -0.373 e. The highest BCUT2D eigenvalue weighted by Crippen LogP contribution is 2.38. The summed E-state index contributed by atoms with van der Waals surface area (Å²) in [5.74, 6) is 0.864. The molecule has 0 N–H and O–H groups in total. The number of likely N-dealkylation sites (N-methyl/N-ethyl adjacent to an activating group) is 1. The predicted octanol–water partition coefficient (Wildman–Crippen LogP) is 1.66. The molecule has 2 atom stereocenters. The predicted molar refractivity (Wildman–Crippen MR) is 109 cm³/mol. The molecule has 3 aliphatic rings. The quantitative estimate of drug-likeness (QED) is 0.770. The van der Waals surface area contributed by atoms with Crippen LogP contribution in [-0.2, 0) is 16.0 Å². The number of amides is 1. The van der Waals surface area contributed by atoms with Gasteiger partial charge in [0, 0.05) is 64.6 Å². The molecule has 0 aliphatic carbocycles. The zero-order valence-electron chi connectivity index (χ0n) is 17.2. The number of piperidine rings is 1. The highest BCUT2D eigenvalue weighted by atomic mass is 16.5. The van der Waals surface area contributed by atoms with Crippen molar-refractivity contribution in [3.8, 4) is 0 Å². The van der Waals surface area contributed by atoms with E-state index in [4.69, 9.17) is 4.74 Å². The van der Waals surface area contributed by atoms with Crippen molar-refractivity contribution >= 4 is 5.91 Å². The average Bonchev–Trinajstić information content (AvgIpc) is 3.10. The normalized spacial score (nSPS) is 29.5. The molecule has 154 valence electrons. The topological polar surface area (TPSA) is 48.9 Å². The maximum atomic E-state index is 12.8. The Labute approximate surface area is 168 Å². The Hall–Kier alpha value is -1.50. The largest absolute Gasteiger partial charge is 0.373 e. The first-order chi connectivity index (χ1) is 13.6. The summed E-state index contributed by atoms with van der Waals surface area (Å²) in [6, 6.07) is 3.98. The number of rotatable bonds is 5. The molecule has 4 rings (SSSR count). The SMILES string of the molecule is CN1CCN(CC2COC3(CCCN(C(=O)CCc4cccnc4)C3)C2)CC1. The smallest absolute Gasteiger partial charge is 0.223 e. The summed E-state index contributed by atoms with van der Waals surface area (Å²) in [5, 5.41) is 0. The van der Waals surface area contributed by atoms with Gasteiger partial charge in [0.1, 0.15) is 0 Å². The van der Waals surface area contributed by atoms with Gasteiger partial charge in [-0.3, -0.25) is 9.78 Å². The zero-order chi connectivity index (χ0) is 19.4. The minimum atomic E-state index is -0.0978. The van der Waals surface area contributed by atoms with E-state index < -0.39 is 0 Å². The number of carbonyl (C=O) groups excluding carboxylic acids is 1. The monoisotopic (exact) mass is 386 g/mol. The van der Waals surface area contributed by atoms with E-state index in [0.29, 0.717) is 12.3 Å². The van der Waals surface area contributed by atoms with Crippen molar-refractivity contribution in [2.24, 2.45) is 5.92 Å². The molecule has 0 bridgehead atoms. The Morgan fingerprint density at radius 2 is 2.14 bits per heavy atom. The molecular formula is C22H34N4O2. The second-order valence-corrected chi connectivity index (χ2v) is 8.95. The Kier molecular flexibility index (Phi) is 6.28. The minimum absolute atomic E-state index is 0.0978. The molecule has 6 heteroatoms. The number of likely N-dealkylation sites (tertiary alicyclic amines) is 1. The molecule has 1 aromatic rings. The van der Waals surface area contributed by atoms with Crippen LogP contribution in [0.4, 0.5) is 0 Å². The summed E-state index contributed by atoms with van der Waals surface area (Å²) in [6.45, 7) is 8.31. The van der Waals surface area contributed by atoms with Gasteiger partial charge in [-0.1, -0.05) is 6.07 Å². The van der Waals surface area contributed by atoms with Crippen molar-refractivity contribution in [2.75, 3.05) is 59.5 Å². The molecule has 3 aliphatic heterocycles. The Balaban J connectivity index is 1.26. The van der Waals surface area contributed by atoms with Gasteiger partial charge in [0.2, 0.25) is 5.91 Å². The second-order valence-electron chi connectivity index (χ2n) is 8.95. The van der Waals surface area contributed by atoms with E-state index in [-0.39, 0.29) is 11.5 Å². The summed E-state index contributed by atoms with van der Waals surface area (Å²) in [5.41, 5.74) is 1.03. The van der Waals surface area contributed by atoms with Gasteiger partial charge in [-0.2, -0.15) is 0 Å². The molecule has 3 fully saturated rings. The van der Waals surface area contributed by atoms with Crippen LogP contribution in [0.2, 0.25) is 0 Å². The lowest BCUT2D eigenvalue weighted by atomic mass is 9.86. The molecule has 0 radical (unpaired) electrons. The fourth-order valence-corrected chi connectivity index (χ4v) is 5.00. The molecule has 3 saturated heterocycles. The molecule has 4 heterocycles. The highest BCUT2D eigenvalue weighted by molar-refractivity contribution is 5.76. The van der Waals surface area contributed by atoms with Crippen molar-refractivity contribution in [2.45, 2.75) is 37.7 Å². The molecule has 1 spiro atoms. The molecule has 0 aromatic carbocycles. The van der Waals surface area contributed by atoms with Gasteiger partial charge in [0.25, 0.3) is 0 Å². The van der Waals surface area contributed by atoms with Crippen LogP contribution in [0.25, 0.3) is 0 Å². The van der Waals surface area contributed by atoms with Gasteiger partial charge < -0.3 is 19.4 Å². The van der Waals surface area contributed by atoms with Crippen LogP contribution in [0.3, 0.4) is 0 Å². The van der Waals surface area contributed by atoms with Gasteiger partial charge in [0.15, 0.2) is 0 Å². The van der Waals surface area contributed by atoms with E-state index in [0.717, 1.165) is 70.6 Å². The standard InChI is InChI=1S/C22H34N4O2/c1-24-10-12-25(13-11-24)16-20-14-22(28-17-20)7-3-9-26(18-22)21(27)6-5-19-4-2-8-23-15-19/h2,4,8,15,20H,3,5-7,9-14,16-18H2,1H3. The average molecular weight is 387 g/mol. The Morgan fingerprint density at radius 1 is 1.29 bits per heavy atom. The fourth-order valence-electron chi connectivity index (χ4n) is 5.00. The lowest BCUT2D eigenvalue weighted by molar-refractivity contribution is -0.139. The van der Waals surface area contributed by atoms with Gasteiger partial charge in [-0.25, -0.2) is 0 Å². The van der Waals surface area contributed by atoms with E-state index in [1.165, 1.54) is 13.1 Å². The first-order valence-corrected chi connectivity index (χ1v) is 10.8. The highest BCUT2D eigenvalue weighted by Gasteiger charge is 2.44. The molecule has 28 heavy (non-hydrogen) atoms. The van der Waals surface area contributed by atoms with E-state index in [1.807, 2.05) is 18.3 Å². The number of aromatic nitrogens is 1. The van der Waals surface area contributed by atoms with Crippen molar-refractivity contribution < 1.29 is 9.53 Å².